The van der Waals surface area contributed by atoms with Crippen molar-refractivity contribution in [3.8, 4) is 0 Å². The molecular formula is C28H42N2O7. The number of Topliss-reactive ketones (excluding diaryl/α,β-unsaturated/α-hetero) is 1. The number of nitrogens with two attached hydrogens (primary N) is 1. The smallest absolute Gasteiger partial charge is 0.309 e. The second kappa shape index (κ2) is 10.2. The van der Waals surface area contributed by atoms with Gasteiger partial charge in [-0.15, -0.1) is 0 Å². The minimum atomic E-state index is -1.26. The third-order valence-corrected chi connectivity index (χ3v) is 8.98. The Morgan fingerprint density at radius 3 is 2.57 bits per heavy atom. The summed E-state index contributed by atoms with van der Waals surface area (Å²) in [6.07, 6.45) is 2.54. The zero-order chi connectivity index (χ0) is 27.3. The minimum Gasteiger partial charge on any atom is -0.458 e. The van der Waals surface area contributed by atoms with E-state index in [1.54, 1.807) is 26.8 Å². The monoisotopic (exact) mass is 518 g/mol. The molecule has 4 rings (SSSR count). The zero-order valence-electron chi connectivity index (χ0n) is 22.8. The number of fused-ring (bicyclic) bond motifs is 2. The molecule has 9 nitrogen and oxygen atoms in total. The van der Waals surface area contributed by atoms with Gasteiger partial charge in [0.15, 0.2) is 0 Å². The molecule has 37 heavy (non-hydrogen) atoms. The number of hydrogen-bond acceptors (Lipinski definition) is 9. The molecular weight excluding hydrogens is 476 g/mol. The average molecular weight is 519 g/mol. The maximum Gasteiger partial charge on any atom is 0.309 e. The molecule has 206 valence electrons. The van der Waals surface area contributed by atoms with Gasteiger partial charge in [0.05, 0.1) is 42.3 Å². The summed E-state index contributed by atoms with van der Waals surface area (Å²) in [5.41, 5.74) is 5.39. The van der Waals surface area contributed by atoms with E-state index in [2.05, 4.69) is 11.9 Å². The number of oxazole rings is 1. The van der Waals surface area contributed by atoms with Crippen LogP contribution in [-0.2, 0) is 25.6 Å². The maximum absolute atomic E-state index is 13.3. The molecule has 3 heterocycles. The van der Waals surface area contributed by atoms with Crippen molar-refractivity contribution in [1.29, 1.82) is 0 Å². The van der Waals surface area contributed by atoms with Crippen molar-refractivity contribution in [2.75, 3.05) is 0 Å². The molecule has 0 spiro atoms. The number of epoxide rings is 1. The molecule has 3 aliphatic rings. The quantitative estimate of drug-likeness (QED) is 0.405. The fraction of sp³-hybridized carbons (Fsp3) is 0.750. The highest BCUT2D eigenvalue weighted by Gasteiger charge is 2.58. The molecule has 4 N–H and O–H groups in total. The lowest BCUT2D eigenvalue weighted by Gasteiger charge is -2.34. The van der Waals surface area contributed by atoms with Crippen LogP contribution in [0.4, 0.5) is 0 Å². The highest BCUT2D eigenvalue weighted by atomic mass is 16.6. The Hall–Kier alpha value is -2.07. The molecule has 0 aromatic carbocycles. The molecule has 9 atom stereocenters. The molecule has 0 bridgehead atoms. The van der Waals surface area contributed by atoms with Crippen molar-refractivity contribution in [2.45, 2.75) is 104 Å². The number of aliphatic hydroxyl groups excluding tert-OH is 2. The van der Waals surface area contributed by atoms with Crippen LogP contribution in [0.5, 0.6) is 0 Å². The Bertz CT molecular complexity index is 1050. The van der Waals surface area contributed by atoms with Crippen molar-refractivity contribution in [3.63, 3.8) is 0 Å². The van der Waals surface area contributed by atoms with Gasteiger partial charge in [0, 0.05) is 12.3 Å². The fourth-order valence-electron chi connectivity index (χ4n) is 6.01. The van der Waals surface area contributed by atoms with Crippen LogP contribution < -0.4 is 5.73 Å². The van der Waals surface area contributed by atoms with Crippen LogP contribution in [0.3, 0.4) is 0 Å². The van der Waals surface area contributed by atoms with E-state index in [1.807, 2.05) is 13.8 Å². The van der Waals surface area contributed by atoms with Crippen molar-refractivity contribution in [3.05, 3.63) is 23.4 Å². The van der Waals surface area contributed by atoms with E-state index in [-0.39, 0.29) is 36.4 Å². The summed E-state index contributed by atoms with van der Waals surface area (Å²) in [7, 11) is 0. The second-order valence-corrected chi connectivity index (χ2v) is 12.2. The van der Waals surface area contributed by atoms with Gasteiger partial charge < -0.3 is 29.8 Å². The Morgan fingerprint density at radius 2 is 1.92 bits per heavy atom. The lowest BCUT2D eigenvalue weighted by molar-refractivity contribution is -0.154. The summed E-state index contributed by atoms with van der Waals surface area (Å²) in [5.74, 6) is -0.424. The molecule has 3 fully saturated rings. The molecule has 0 radical (unpaired) electrons. The highest BCUT2D eigenvalue weighted by Crippen LogP contribution is 2.56. The van der Waals surface area contributed by atoms with E-state index < -0.39 is 35.6 Å². The summed E-state index contributed by atoms with van der Waals surface area (Å²) in [5, 5.41) is 22.0. The zero-order valence-corrected chi connectivity index (χ0v) is 22.8. The first-order chi connectivity index (χ1) is 17.3. The van der Waals surface area contributed by atoms with E-state index in [0.717, 1.165) is 18.4 Å². The van der Waals surface area contributed by atoms with Gasteiger partial charge in [-0.2, -0.15) is 0 Å². The summed E-state index contributed by atoms with van der Waals surface area (Å²) >= 11 is 0. The molecule has 4 unspecified atom stereocenters. The molecule has 2 saturated heterocycles. The summed E-state index contributed by atoms with van der Waals surface area (Å²) in [4.78, 5) is 30.6. The molecule has 0 amide bonds. The van der Waals surface area contributed by atoms with Crippen molar-refractivity contribution in [2.24, 2.45) is 34.8 Å². The standard InChI is InChI=1S/C28H42N2O7/c1-14(7-18-13-35-23(12-29)30-18)20-9-22-28(6,37-22)11-17-8-19(17)15(2)25(33)16(3)26(34)27(4,5)21(31)10-24(32)36-20/h7,13,15-17,19-22,25,31,33H,8-12,29H2,1-6H3/b14-7+/t15-,16+,17?,19?,20-,21-,22?,25-,28?/m0/s1. The number of nitrogens with zero attached hydrogens (tertiary/aromatic N) is 1. The molecule has 1 aromatic rings. The van der Waals surface area contributed by atoms with Gasteiger partial charge in [0.2, 0.25) is 5.89 Å². The predicted octanol–water partition coefficient (Wildman–Crippen LogP) is 3.02. The predicted molar refractivity (Wildman–Crippen MR) is 136 cm³/mol. The number of hydrogen-bond donors (Lipinski definition) is 3. The van der Waals surface area contributed by atoms with Gasteiger partial charge in [-0.1, -0.05) is 27.7 Å². The van der Waals surface area contributed by atoms with E-state index in [0.29, 0.717) is 29.8 Å². The van der Waals surface area contributed by atoms with Crippen LogP contribution in [0.15, 0.2) is 16.3 Å². The lowest BCUT2D eigenvalue weighted by Crippen LogP contribution is -2.46. The van der Waals surface area contributed by atoms with E-state index >= 15 is 0 Å². The first kappa shape index (κ1) is 28.0. The third kappa shape index (κ3) is 5.85. The van der Waals surface area contributed by atoms with Crippen LogP contribution >= 0.6 is 0 Å². The lowest BCUT2D eigenvalue weighted by atomic mass is 9.72. The SMILES string of the molecule is C/C(=C\c1coc(CN)n1)[C@@H]1CC2OC2(C)CC2CC2[C@H](C)[C@H](O)[C@@H](C)C(=O)C(C)(C)[C@@H](O)CC(=O)O1. The maximum atomic E-state index is 13.3. The molecule has 1 saturated carbocycles. The molecule has 9 heteroatoms. The number of ketones is 1. The van der Waals surface area contributed by atoms with Crippen LogP contribution in [0.25, 0.3) is 6.08 Å². The van der Waals surface area contributed by atoms with Gasteiger partial charge >= 0.3 is 5.97 Å². The van der Waals surface area contributed by atoms with Crippen LogP contribution in [0.2, 0.25) is 0 Å². The molecule has 1 aliphatic carbocycles. The van der Waals surface area contributed by atoms with Gasteiger partial charge in [-0.3, -0.25) is 9.59 Å². The second-order valence-electron chi connectivity index (χ2n) is 12.2. The Kier molecular flexibility index (Phi) is 7.74. The van der Waals surface area contributed by atoms with Gasteiger partial charge in [-0.05, 0) is 56.1 Å². The third-order valence-electron chi connectivity index (χ3n) is 8.98. The Balaban J connectivity index is 1.59. The minimum absolute atomic E-state index is 0.0469. The van der Waals surface area contributed by atoms with Crippen LogP contribution in [0, 0.1) is 29.1 Å². The summed E-state index contributed by atoms with van der Waals surface area (Å²) < 4.78 is 17.3. The molecule has 1 aromatic heterocycles. The van der Waals surface area contributed by atoms with Crippen molar-refractivity contribution in [1.82, 2.24) is 4.98 Å². The fourth-order valence-corrected chi connectivity index (χ4v) is 6.01. The molecule has 2 aliphatic heterocycles. The number of esters is 1. The van der Waals surface area contributed by atoms with Crippen LogP contribution in [0.1, 0.15) is 78.8 Å². The largest absolute Gasteiger partial charge is 0.458 e. The van der Waals surface area contributed by atoms with E-state index in [9.17, 15) is 19.8 Å². The Labute approximate surface area is 218 Å². The van der Waals surface area contributed by atoms with Gasteiger partial charge in [-0.25, -0.2) is 4.98 Å². The normalized spacial score (nSPS) is 40.9. The number of aromatic nitrogens is 1. The number of cyclic esters (lactones) is 1. The van der Waals surface area contributed by atoms with Gasteiger partial charge in [0.25, 0.3) is 0 Å². The number of aliphatic hydroxyl groups is 2. The first-order valence-corrected chi connectivity index (χ1v) is 13.4. The number of carbonyl (C=O) groups excluding carboxylic acids is 2. The van der Waals surface area contributed by atoms with Crippen LogP contribution in [-0.4, -0.2) is 57.0 Å². The van der Waals surface area contributed by atoms with E-state index in [1.165, 1.54) is 6.26 Å². The number of carbonyl (C=O) groups is 2. The Morgan fingerprint density at radius 1 is 1.22 bits per heavy atom. The summed E-state index contributed by atoms with van der Waals surface area (Å²) in [6.45, 7) is 11.1. The van der Waals surface area contributed by atoms with Gasteiger partial charge in [0.1, 0.15) is 23.8 Å². The van der Waals surface area contributed by atoms with Crippen molar-refractivity contribution >= 4 is 17.8 Å². The number of rotatable bonds is 3. The van der Waals surface area contributed by atoms with Crippen molar-refractivity contribution < 1.29 is 33.7 Å². The number of ether oxygens (including phenoxy) is 2. The summed E-state index contributed by atoms with van der Waals surface area (Å²) in [6, 6.07) is 0. The first-order valence-electron chi connectivity index (χ1n) is 13.4. The topological polar surface area (TPSA) is 148 Å². The van der Waals surface area contributed by atoms with E-state index in [4.69, 9.17) is 19.6 Å². The highest BCUT2D eigenvalue weighted by molar-refractivity contribution is 5.88. The average Bonchev–Trinajstić information content (AvgIpc) is 3.68.